The van der Waals surface area contributed by atoms with E-state index >= 15 is 0 Å². The molecule has 1 aromatic heterocycles. The largest absolute Gasteiger partial charge is 0.359 e. The molecule has 6 heteroatoms. The highest BCUT2D eigenvalue weighted by atomic mass is 16.2. The molecule has 0 aromatic carbocycles. The number of H-pyrrole nitrogens is 1. The minimum absolute atomic E-state index is 0.0966. The van der Waals surface area contributed by atoms with E-state index in [-0.39, 0.29) is 29.8 Å². The van der Waals surface area contributed by atoms with Crippen LogP contribution in [0.2, 0.25) is 0 Å². The molecular formula is C14H21N3O3. The fourth-order valence-electron chi connectivity index (χ4n) is 1.78. The van der Waals surface area contributed by atoms with E-state index in [0.29, 0.717) is 0 Å². The number of hydrogen-bond donors (Lipinski definition) is 2. The average molecular weight is 279 g/mol. The van der Waals surface area contributed by atoms with Gasteiger partial charge < -0.3 is 15.2 Å². The lowest BCUT2D eigenvalue weighted by atomic mass is 10.1. The van der Waals surface area contributed by atoms with Crippen LogP contribution in [0.1, 0.15) is 35.0 Å². The molecule has 1 atom stereocenters. The zero-order valence-corrected chi connectivity index (χ0v) is 12.5. The number of rotatable bonds is 4. The molecule has 6 nitrogen and oxygen atoms in total. The van der Waals surface area contributed by atoms with Gasteiger partial charge in [-0.05, 0) is 32.4 Å². The molecule has 0 aliphatic rings. The molecule has 0 spiro atoms. The van der Waals surface area contributed by atoms with Crippen LogP contribution in [0.25, 0.3) is 0 Å². The first kappa shape index (κ1) is 15.9. The van der Waals surface area contributed by atoms with E-state index < -0.39 is 5.56 Å². The highest BCUT2D eigenvalue weighted by Gasteiger charge is 2.22. The Bertz CT molecular complexity index is 578. The van der Waals surface area contributed by atoms with Gasteiger partial charge in [0, 0.05) is 32.3 Å². The minimum atomic E-state index is -0.405. The maximum absolute atomic E-state index is 12.3. The van der Waals surface area contributed by atoms with Crippen molar-refractivity contribution in [3.63, 3.8) is 0 Å². The van der Waals surface area contributed by atoms with Crippen molar-refractivity contribution < 1.29 is 9.59 Å². The van der Waals surface area contributed by atoms with E-state index in [9.17, 15) is 14.4 Å². The molecule has 0 saturated heterocycles. The molecular weight excluding hydrogens is 258 g/mol. The summed E-state index contributed by atoms with van der Waals surface area (Å²) in [5, 5.41) is 2.51. The Kier molecular flexibility index (Phi) is 5.07. The minimum Gasteiger partial charge on any atom is -0.359 e. The maximum Gasteiger partial charge on any atom is 0.261 e. The molecule has 110 valence electrons. The number of aryl methyl sites for hydroxylation is 2. The summed E-state index contributed by atoms with van der Waals surface area (Å²) in [6.45, 7) is 5.38. The van der Waals surface area contributed by atoms with Gasteiger partial charge in [-0.3, -0.25) is 14.4 Å². The number of nitrogens with zero attached hydrogens (tertiary/aromatic N) is 1. The van der Waals surface area contributed by atoms with Gasteiger partial charge in [0.15, 0.2) is 0 Å². The lowest BCUT2D eigenvalue weighted by molar-refractivity contribution is -0.121. The topological polar surface area (TPSA) is 82.3 Å². The molecule has 1 aromatic rings. The van der Waals surface area contributed by atoms with Crippen molar-refractivity contribution in [2.24, 2.45) is 0 Å². The van der Waals surface area contributed by atoms with E-state index in [1.807, 2.05) is 6.92 Å². The predicted molar refractivity (Wildman–Crippen MR) is 76.8 cm³/mol. The first-order valence-electron chi connectivity index (χ1n) is 6.46. The van der Waals surface area contributed by atoms with E-state index in [2.05, 4.69) is 10.3 Å². The number of hydrogen-bond acceptors (Lipinski definition) is 3. The van der Waals surface area contributed by atoms with Gasteiger partial charge in [-0.25, -0.2) is 0 Å². The quantitative estimate of drug-likeness (QED) is 0.846. The second-order valence-electron chi connectivity index (χ2n) is 4.96. The maximum atomic E-state index is 12.3. The number of aromatic nitrogens is 1. The van der Waals surface area contributed by atoms with Crippen molar-refractivity contribution in [2.75, 3.05) is 14.1 Å². The van der Waals surface area contributed by atoms with Crippen molar-refractivity contribution in [3.05, 3.63) is 33.2 Å². The third-order valence-electron chi connectivity index (χ3n) is 3.47. The van der Waals surface area contributed by atoms with Crippen molar-refractivity contribution in [1.29, 1.82) is 0 Å². The number of amides is 2. The molecule has 0 fully saturated rings. The van der Waals surface area contributed by atoms with Crippen LogP contribution in [0.5, 0.6) is 0 Å². The van der Waals surface area contributed by atoms with Crippen LogP contribution in [-0.2, 0) is 4.79 Å². The Hall–Kier alpha value is -2.11. The summed E-state index contributed by atoms with van der Waals surface area (Å²) in [6.07, 6.45) is 0.196. The first-order valence-corrected chi connectivity index (χ1v) is 6.46. The molecule has 1 unspecified atom stereocenters. The van der Waals surface area contributed by atoms with E-state index in [1.165, 1.54) is 4.90 Å². The average Bonchev–Trinajstić information content (AvgIpc) is 2.40. The number of aromatic amines is 1. The van der Waals surface area contributed by atoms with Crippen molar-refractivity contribution in [2.45, 2.75) is 33.2 Å². The van der Waals surface area contributed by atoms with Gasteiger partial charge in [0.2, 0.25) is 5.91 Å². The van der Waals surface area contributed by atoms with Gasteiger partial charge >= 0.3 is 0 Å². The number of carbonyl (C=O) groups is 2. The Balaban J connectivity index is 2.97. The fraction of sp³-hybridized carbons (Fsp3) is 0.500. The van der Waals surface area contributed by atoms with Gasteiger partial charge in [0.1, 0.15) is 5.56 Å². The highest BCUT2D eigenvalue weighted by molar-refractivity contribution is 5.94. The summed E-state index contributed by atoms with van der Waals surface area (Å²) >= 11 is 0. The number of nitrogens with one attached hydrogen (secondary N) is 2. The van der Waals surface area contributed by atoms with Crippen molar-refractivity contribution in [3.8, 4) is 0 Å². The Morgan fingerprint density at radius 3 is 2.55 bits per heavy atom. The van der Waals surface area contributed by atoms with Crippen LogP contribution in [0.15, 0.2) is 10.9 Å². The van der Waals surface area contributed by atoms with Crippen molar-refractivity contribution in [1.82, 2.24) is 15.2 Å². The molecule has 2 amide bonds. The lowest BCUT2D eigenvalue weighted by Crippen LogP contribution is -2.40. The van der Waals surface area contributed by atoms with Crippen molar-refractivity contribution >= 4 is 11.8 Å². The smallest absolute Gasteiger partial charge is 0.261 e. The zero-order valence-electron chi connectivity index (χ0n) is 12.5. The molecule has 1 heterocycles. The summed E-state index contributed by atoms with van der Waals surface area (Å²) in [6, 6.07) is 1.29. The Labute approximate surface area is 118 Å². The molecule has 1 rings (SSSR count). The summed E-state index contributed by atoms with van der Waals surface area (Å²) in [7, 11) is 3.13. The van der Waals surface area contributed by atoms with Gasteiger partial charge in [-0.1, -0.05) is 0 Å². The molecule has 0 bridgehead atoms. The molecule has 2 N–H and O–H groups in total. The van der Waals surface area contributed by atoms with Gasteiger partial charge in [-0.2, -0.15) is 0 Å². The summed E-state index contributed by atoms with van der Waals surface area (Å²) in [5.74, 6) is -0.531. The van der Waals surface area contributed by atoms with Crippen LogP contribution in [-0.4, -0.2) is 41.8 Å². The van der Waals surface area contributed by atoms with Crippen LogP contribution < -0.4 is 10.9 Å². The molecule has 0 saturated carbocycles. The first-order chi connectivity index (χ1) is 9.27. The van der Waals surface area contributed by atoms with Crippen LogP contribution in [0, 0.1) is 13.8 Å². The lowest BCUT2D eigenvalue weighted by Gasteiger charge is -2.24. The van der Waals surface area contributed by atoms with Crippen LogP contribution in [0.4, 0.5) is 0 Å². The summed E-state index contributed by atoms with van der Waals surface area (Å²) in [4.78, 5) is 39.6. The molecule has 20 heavy (non-hydrogen) atoms. The van der Waals surface area contributed by atoms with E-state index in [0.717, 1.165) is 11.3 Å². The standard InChI is InChI=1S/C14H21N3O3/c1-8-6-11(13(19)16-10(8)3)14(20)17(5)9(2)7-12(18)15-4/h6,9H,7H2,1-5H3,(H,15,18)(H,16,19). The van der Waals surface area contributed by atoms with Crippen LogP contribution in [0.3, 0.4) is 0 Å². The highest BCUT2D eigenvalue weighted by Crippen LogP contribution is 2.09. The SMILES string of the molecule is CNC(=O)CC(C)N(C)C(=O)c1cc(C)c(C)[nH]c1=O. The Morgan fingerprint density at radius 2 is 2.00 bits per heavy atom. The third kappa shape index (κ3) is 3.46. The summed E-state index contributed by atoms with van der Waals surface area (Å²) in [5.41, 5.74) is 1.28. The fourth-order valence-corrected chi connectivity index (χ4v) is 1.78. The molecule has 0 radical (unpaired) electrons. The van der Waals surface area contributed by atoms with Crippen LogP contribution >= 0.6 is 0 Å². The molecule has 0 aliphatic heterocycles. The normalized spacial score (nSPS) is 11.8. The third-order valence-corrected chi connectivity index (χ3v) is 3.47. The number of carbonyl (C=O) groups excluding carboxylic acids is 2. The van der Waals surface area contributed by atoms with Gasteiger partial charge in [0.05, 0.1) is 0 Å². The second-order valence-corrected chi connectivity index (χ2v) is 4.96. The number of pyridine rings is 1. The van der Waals surface area contributed by atoms with E-state index in [1.54, 1.807) is 34.0 Å². The molecule has 0 aliphatic carbocycles. The monoisotopic (exact) mass is 279 g/mol. The van der Waals surface area contributed by atoms with Gasteiger partial charge in [0.25, 0.3) is 11.5 Å². The van der Waals surface area contributed by atoms with Gasteiger partial charge in [-0.15, -0.1) is 0 Å². The van der Waals surface area contributed by atoms with E-state index in [4.69, 9.17) is 0 Å². The predicted octanol–water partition coefficient (Wildman–Crippen LogP) is 0.588. The Morgan fingerprint density at radius 1 is 1.40 bits per heavy atom. The zero-order chi connectivity index (χ0) is 15.4. The summed E-state index contributed by atoms with van der Waals surface area (Å²) < 4.78 is 0. The second kappa shape index (κ2) is 6.36.